The molecule has 2 fully saturated rings. The van der Waals surface area contributed by atoms with Gasteiger partial charge >= 0.3 is 0 Å². The second-order valence-electron chi connectivity index (χ2n) is 25.5. The van der Waals surface area contributed by atoms with Crippen LogP contribution in [0.3, 0.4) is 0 Å². The fourth-order valence-electron chi connectivity index (χ4n) is 12.0. The number of nitrogen functional groups attached to an aromatic ring is 1. The van der Waals surface area contributed by atoms with Crippen LogP contribution in [0.4, 0.5) is 63.1 Å². The quantitative estimate of drug-likeness (QED) is 0.0278. The van der Waals surface area contributed by atoms with Gasteiger partial charge in [0.2, 0.25) is 31.3 Å². The summed E-state index contributed by atoms with van der Waals surface area (Å²) in [7, 11) is 45.7. The first kappa shape index (κ1) is 83.8. The van der Waals surface area contributed by atoms with Crippen molar-refractivity contribution in [3.63, 3.8) is 0 Å². The minimum atomic E-state index is -3.61. The number of methoxy groups -OCH3 is 2. The van der Waals surface area contributed by atoms with E-state index < -0.39 is 52.0 Å². The van der Waals surface area contributed by atoms with Crippen molar-refractivity contribution in [2.75, 3.05) is 135 Å². The van der Waals surface area contributed by atoms with E-state index in [4.69, 9.17) is 86.0 Å². The van der Waals surface area contributed by atoms with Gasteiger partial charge in [0, 0.05) is 113 Å². The summed E-state index contributed by atoms with van der Waals surface area (Å²) in [5.74, 6) is 2.67. The van der Waals surface area contributed by atoms with Gasteiger partial charge in [0.15, 0.2) is 0 Å². The smallest absolute Gasteiger partial charge is 0.232 e. The molecule has 24 nitrogen and oxygen atoms in total. The Kier molecular flexibility index (Phi) is 31.1. The van der Waals surface area contributed by atoms with Crippen LogP contribution in [0.1, 0.15) is 63.5 Å². The molecule has 0 saturated carbocycles. The van der Waals surface area contributed by atoms with Gasteiger partial charge in [-0.15, -0.1) is 0 Å². The summed E-state index contributed by atoms with van der Waals surface area (Å²) in [5, 5.41) is 9.77. The molecule has 41 heteroatoms. The normalized spacial score (nSPS) is 13.4. The summed E-state index contributed by atoms with van der Waals surface area (Å²) in [6.07, 6.45) is 17.1. The van der Waals surface area contributed by atoms with E-state index in [2.05, 4.69) is 169 Å². The standard InChI is InChI=1S/C31H40BrN9O3S.C17H29N3O.C14H12BrClN6O2S.B12/c1-7-8-20-17-25(27(44-5)18-26(20)41-15-11-21(12-16-41)39(2)3)37-31-35-19-22(32)30(38-31)36-24-10-9-23-28(34-14-13-33-23)29(24)40(4)45(6,42)43;1-5-6-13-11-15(18)17(21-4)12-16(13)20-9-7-14(8-10-20)19(2)3;1-22(25(2,23)24)12-10(4-3-9-11(12)18-6-5-17-9)20-13-8(15)7-19-14(16)21-13;1-8(2)11(7)12(9(3)4)10(5)6/h9-10,13-14,17-19,21H,7-8,11-12,15-16H2,1-6H3,(H2,35,36,37,38);11-12,14H,5-10,18H2,1-4H3;3-7H,1-2H3,(H,19,20,21);/q;;;-1. The fourth-order valence-corrected chi connectivity index (χ4v) is 13.8. The minimum Gasteiger partial charge on any atom is -0.687 e. The Hall–Kier alpha value is -6.43. The maximum Gasteiger partial charge on any atom is 0.232 e. The predicted molar refractivity (Wildman–Crippen MR) is 445 cm³/mol. The Labute approximate surface area is 641 Å². The number of nitrogens with one attached hydrogen (secondary N) is 3. The first-order valence-electron chi connectivity index (χ1n) is 33.4. The van der Waals surface area contributed by atoms with Crippen molar-refractivity contribution >= 4 is 235 Å². The highest BCUT2D eigenvalue weighted by Crippen LogP contribution is 2.41. The van der Waals surface area contributed by atoms with E-state index in [0.29, 0.717) is 89.2 Å². The number of aromatic nitrogens is 8. The number of nitrogens with two attached hydrogens (primary N) is 1. The first-order valence-corrected chi connectivity index (χ1v) is 39.0. The average Bonchev–Trinajstić information content (AvgIpc) is 0.784. The van der Waals surface area contributed by atoms with Gasteiger partial charge in [0.05, 0.1) is 69.5 Å². The number of halogens is 3. The molecule has 4 aromatic carbocycles. The summed E-state index contributed by atoms with van der Waals surface area (Å²) in [6, 6.07) is 16.7. The Balaban J connectivity index is 0.000000215. The Morgan fingerprint density at radius 1 is 0.602 bits per heavy atom. The molecule has 2 aliphatic rings. The van der Waals surface area contributed by atoms with Crippen LogP contribution >= 0.6 is 43.5 Å². The Morgan fingerprint density at radius 2 is 1.02 bits per heavy atom. The van der Waals surface area contributed by atoms with Gasteiger partial charge in [0.1, 0.15) is 45.5 Å². The lowest BCUT2D eigenvalue weighted by Gasteiger charge is -2.37. The molecule has 2 saturated heterocycles. The predicted octanol–water partition coefficient (Wildman–Crippen LogP) is 6.72. The lowest BCUT2D eigenvalue weighted by molar-refractivity contribution is 0.249. The van der Waals surface area contributed by atoms with E-state index in [1.807, 2.05) is 0 Å². The second kappa shape index (κ2) is 38.2. The summed E-state index contributed by atoms with van der Waals surface area (Å²) >= 11 is 12.7. The third-order valence-electron chi connectivity index (χ3n) is 17.8. The number of anilines is 11. The molecule has 0 aliphatic carbocycles. The highest BCUT2D eigenvalue weighted by atomic mass is 79.9. The van der Waals surface area contributed by atoms with E-state index >= 15 is 0 Å². The number of rotatable bonds is 24. The summed E-state index contributed by atoms with van der Waals surface area (Å²) in [5.41, 5.74) is 16.4. The molecule has 0 amide bonds. The molecular weight excluding hydrogens is 1480 g/mol. The van der Waals surface area contributed by atoms with E-state index in [9.17, 15) is 16.8 Å². The third kappa shape index (κ3) is 22.3. The number of nitrogens with zero attached hydrogens (tertiary/aromatic N) is 14. The molecule has 525 valence electrons. The van der Waals surface area contributed by atoms with Gasteiger partial charge in [-0.05, 0) is 230 Å². The monoisotopic (exact) mass is 1560 g/mol. The van der Waals surface area contributed by atoms with Gasteiger partial charge in [-0.3, -0.25) is 28.5 Å². The van der Waals surface area contributed by atoms with Gasteiger partial charge in [-0.1, -0.05) is 26.7 Å². The molecule has 0 spiro atoms. The van der Waals surface area contributed by atoms with Crippen molar-refractivity contribution < 1.29 is 26.3 Å². The maximum atomic E-state index is 12.6. The molecule has 10 rings (SSSR count). The summed E-state index contributed by atoms with van der Waals surface area (Å²) < 4.78 is 64.1. The Morgan fingerprint density at radius 3 is 1.42 bits per heavy atom. The number of benzene rings is 4. The number of piperidine rings is 2. The third-order valence-corrected chi connectivity index (χ3v) is 21.5. The summed E-state index contributed by atoms with van der Waals surface area (Å²) in [4.78, 5) is 44.1. The molecule has 2 aliphatic heterocycles. The van der Waals surface area contributed by atoms with Crippen LogP contribution in [-0.2, 0) is 32.9 Å². The second-order valence-corrected chi connectivity index (χ2v) is 31.6. The molecule has 0 atom stereocenters. The number of hydrogen-bond acceptors (Lipinski definition) is 22. The van der Waals surface area contributed by atoms with Crippen molar-refractivity contribution in [1.82, 2.24) is 49.7 Å². The van der Waals surface area contributed by atoms with Crippen molar-refractivity contribution in [3.05, 3.63) is 111 Å². The van der Waals surface area contributed by atoms with E-state index in [0.717, 1.165) is 98.6 Å². The SMILES string of the molecule is CCCc1cc(N)c(OC)cc1N1CCC(N(C)C)CC1.CCCc1cc(Nc2ncc(Br)c(Nc3ccc4nccnc4c3N(C)S(C)(=O)=O)n2)c(OC)cc1N1CCC(N(C)C)CC1.CN(c1c(Nc2nc(Cl)ncc2Br)ccc2nccnc12)S(C)(=O)=O.[B]B([B])B(B([B])[B])B([B])B([B])[B-]. The Bertz CT molecular complexity index is 4390. The molecule has 103 heavy (non-hydrogen) atoms. The van der Waals surface area contributed by atoms with Crippen LogP contribution in [0.15, 0.2) is 94.7 Å². The van der Waals surface area contributed by atoms with Crippen molar-refractivity contribution in [2.45, 2.75) is 77.3 Å². The minimum absolute atomic E-state index is 0.0595. The number of aryl methyl sites for hydroxylation is 2. The highest BCUT2D eigenvalue weighted by Gasteiger charge is 2.29. The molecule has 0 bridgehead atoms. The first-order chi connectivity index (χ1) is 48.7. The van der Waals surface area contributed by atoms with E-state index in [1.54, 1.807) is 57.1 Å². The van der Waals surface area contributed by atoms with Crippen LogP contribution < -0.4 is 49.6 Å². The van der Waals surface area contributed by atoms with Crippen LogP contribution in [0.2, 0.25) is 5.28 Å². The fraction of sp³-hybridized carbons (Fsp3) is 0.419. The van der Waals surface area contributed by atoms with Gasteiger partial charge < -0.3 is 58.5 Å². The number of fused-ring (bicyclic) bond motifs is 2. The lowest BCUT2D eigenvalue weighted by Crippen LogP contribution is -2.67. The molecule has 4 aromatic heterocycles. The van der Waals surface area contributed by atoms with E-state index in [1.165, 1.54) is 72.3 Å². The zero-order chi connectivity index (χ0) is 75.8. The highest BCUT2D eigenvalue weighted by molar-refractivity contribution is 9.11. The van der Waals surface area contributed by atoms with Crippen LogP contribution in [0, 0.1) is 0 Å². The topological polar surface area (TPSA) is 271 Å². The van der Waals surface area contributed by atoms with Gasteiger partial charge in [-0.25, -0.2) is 33.2 Å². The van der Waals surface area contributed by atoms with E-state index in [-0.39, 0.29) is 5.28 Å². The van der Waals surface area contributed by atoms with Crippen LogP contribution in [0.25, 0.3) is 22.1 Å². The van der Waals surface area contributed by atoms with Gasteiger partial charge in [-0.2, -0.15) is 9.97 Å². The molecule has 5 N–H and O–H groups in total. The summed E-state index contributed by atoms with van der Waals surface area (Å²) in [6.45, 7) is 8.60. The van der Waals surface area contributed by atoms with Crippen molar-refractivity contribution in [2.24, 2.45) is 0 Å². The van der Waals surface area contributed by atoms with Crippen LogP contribution in [-0.4, -0.2) is 260 Å². The zero-order valence-corrected chi connectivity index (χ0v) is 66.0. The number of sulfonamides is 2. The number of hydrogen-bond donors (Lipinski definition) is 4. The zero-order valence-electron chi connectivity index (χ0n) is 60.4. The number of ether oxygens (including phenoxy) is 2. The lowest BCUT2D eigenvalue weighted by atomic mass is 8.53. The molecule has 0 unspecified atom stereocenters. The maximum absolute atomic E-state index is 12.6. The van der Waals surface area contributed by atoms with Crippen LogP contribution in [0.5, 0.6) is 11.5 Å². The molecule has 15 radical (unpaired) electrons. The molecule has 6 heterocycles. The molecule has 8 aromatic rings. The largest absolute Gasteiger partial charge is 0.687 e. The van der Waals surface area contributed by atoms with Gasteiger partial charge in [0.25, 0.3) is 0 Å². The van der Waals surface area contributed by atoms with Crippen molar-refractivity contribution in [3.8, 4) is 11.5 Å². The molecular formula is C62H81B12Br2ClN18O6S2-. The average molecular weight is 1560 g/mol. The van der Waals surface area contributed by atoms with Crippen molar-refractivity contribution in [1.29, 1.82) is 0 Å².